The number of benzene rings is 2. The highest BCUT2D eigenvalue weighted by Crippen LogP contribution is 2.45. The fourth-order valence-electron chi connectivity index (χ4n) is 5.35. The van der Waals surface area contributed by atoms with Crippen LogP contribution >= 0.6 is 23.2 Å². The summed E-state index contributed by atoms with van der Waals surface area (Å²) in [5, 5.41) is 1.20. The van der Waals surface area contributed by atoms with Crippen molar-refractivity contribution in [1.82, 2.24) is 24.7 Å². The lowest BCUT2D eigenvalue weighted by Gasteiger charge is -2.38. The number of rotatable bonds is 5. The second kappa shape index (κ2) is 12.5. The summed E-state index contributed by atoms with van der Waals surface area (Å²) in [6.45, 7) is 11.6. The average Bonchev–Trinajstić information content (AvgIpc) is 3.37. The first kappa shape index (κ1) is 30.8. The second-order valence-corrected chi connectivity index (χ2v) is 12.6. The Labute approximate surface area is 262 Å². The summed E-state index contributed by atoms with van der Waals surface area (Å²) >= 11 is 12.5. The standard InChI is InChI=1S/C32H36Cl2N6O3/c1-6-43-29-25(19-35-30(37-29)32(3,4)5)28-36-26(21-7-11-23(33)12-8-21)27(22-9-13-24(34)14-10-22)40(28)31(42)39-17-15-38(16-18-39)20(2)41/h7-14,19,26-27H,6,15-18H2,1-5H3/t26-,27+/m1/s1. The highest BCUT2D eigenvalue weighted by atomic mass is 35.5. The van der Waals surface area contributed by atoms with Crippen LogP contribution in [0.3, 0.4) is 0 Å². The Morgan fingerprint density at radius 1 is 0.907 bits per heavy atom. The summed E-state index contributed by atoms with van der Waals surface area (Å²) in [5.41, 5.74) is 1.97. The van der Waals surface area contributed by atoms with Gasteiger partial charge in [0.1, 0.15) is 17.7 Å². The zero-order chi connectivity index (χ0) is 30.9. The van der Waals surface area contributed by atoms with Crippen molar-refractivity contribution < 1.29 is 14.3 Å². The predicted octanol–water partition coefficient (Wildman–Crippen LogP) is 6.31. The van der Waals surface area contributed by atoms with E-state index in [-0.39, 0.29) is 17.4 Å². The molecular weight excluding hydrogens is 587 g/mol. The maximum absolute atomic E-state index is 14.6. The molecule has 3 heterocycles. The number of amidine groups is 1. The molecule has 1 aromatic heterocycles. The van der Waals surface area contributed by atoms with Crippen LogP contribution in [-0.4, -0.2) is 75.2 Å². The van der Waals surface area contributed by atoms with Gasteiger partial charge in [0.25, 0.3) is 0 Å². The molecule has 0 bridgehead atoms. The van der Waals surface area contributed by atoms with E-state index in [9.17, 15) is 9.59 Å². The van der Waals surface area contributed by atoms with Crippen molar-refractivity contribution in [1.29, 1.82) is 0 Å². The van der Waals surface area contributed by atoms with Gasteiger partial charge in [-0.2, -0.15) is 4.98 Å². The van der Waals surface area contributed by atoms with E-state index < -0.39 is 12.1 Å². The summed E-state index contributed by atoms with van der Waals surface area (Å²) in [4.78, 5) is 46.5. The third-order valence-corrected chi connectivity index (χ3v) is 8.14. The van der Waals surface area contributed by atoms with Crippen molar-refractivity contribution in [3.8, 4) is 5.88 Å². The number of urea groups is 1. The number of ether oxygens (including phenoxy) is 1. The summed E-state index contributed by atoms with van der Waals surface area (Å²) in [5.74, 6) is 1.41. The molecule has 2 aromatic carbocycles. The molecule has 2 aliphatic heterocycles. The van der Waals surface area contributed by atoms with Crippen LogP contribution in [0, 0.1) is 0 Å². The van der Waals surface area contributed by atoms with Crippen LogP contribution in [-0.2, 0) is 10.2 Å². The van der Waals surface area contributed by atoms with Crippen LogP contribution in [0.5, 0.6) is 5.88 Å². The van der Waals surface area contributed by atoms with Gasteiger partial charge < -0.3 is 14.5 Å². The summed E-state index contributed by atoms with van der Waals surface area (Å²) in [6.07, 6.45) is 1.70. The van der Waals surface area contributed by atoms with Crippen molar-refractivity contribution in [2.24, 2.45) is 4.99 Å². The Balaban J connectivity index is 1.67. The van der Waals surface area contributed by atoms with E-state index in [1.54, 1.807) is 27.8 Å². The van der Waals surface area contributed by atoms with Crippen LogP contribution in [0.1, 0.15) is 69.2 Å². The van der Waals surface area contributed by atoms with Crippen molar-refractivity contribution in [2.75, 3.05) is 32.8 Å². The molecular formula is C32H36Cl2N6O3. The first-order valence-corrected chi connectivity index (χ1v) is 15.2. The van der Waals surface area contributed by atoms with Gasteiger partial charge in [-0.1, -0.05) is 68.2 Å². The van der Waals surface area contributed by atoms with Gasteiger partial charge in [0.15, 0.2) is 0 Å². The van der Waals surface area contributed by atoms with Crippen LogP contribution in [0.4, 0.5) is 4.79 Å². The molecule has 0 N–H and O–H groups in total. The molecule has 0 unspecified atom stereocenters. The fourth-order valence-corrected chi connectivity index (χ4v) is 5.60. The zero-order valence-corrected chi connectivity index (χ0v) is 26.6. The predicted molar refractivity (Wildman–Crippen MR) is 168 cm³/mol. The second-order valence-electron chi connectivity index (χ2n) is 11.7. The molecule has 0 saturated carbocycles. The number of aromatic nitrogens is 2. The van der Waals surface area contributed by atoms with Gasteiger partial charge in [0.2, 0.25) is 11.8 Å². The maximum Gasteiger partial charge on any atom is 0.326 e. The number of halogens is 2. The third kappa shape index (κ3) is 6.48. The van der Waals surface area contributed by atoms with E-state index in [1.807, 2.05) is 76.2 Å². The quantitative estimate of drug-likeness (QED) is 0.332. The molecule has 11 heteroatoms. The van der Waals surface area contributed by atoms with Crippen molar-refractivity contribution in [3.63, 3.8) is 0 Å². The Kier molecular flexibility index (Phi) is 8.94. The molecule has 226 valence electrons. The number of nitrogens with zero attached hydrogens (tertiary/aromatic N) is 6. The summed E-state index contributed by atoms with van der Waals surface area (Å²) in [6, 6.07) is 13.8. The Morgan fingerprint density at radius 2 is 1.47 bits per heavy atom. The normalized spacial score (nSPS) is 19.0. The number of aliphatic imine (C=N–C) groups is 1. The molecule has 3 aromatic rings. The minimum absolute atomic E-state index is 0.00481. The Hall–Kier alpha value is -3.69. The number of hydrogen-bond acceptors (Lipinski definition) is 6. The van der Waals surface area contributed by atoms with E-state index >= 15 is 0 Å². The lowest BCUT2D eigenvalue weighted by atomic mass is 9.93. The van der Waals surface area contributed by atoms with Gasteiger partial charge in [-0.05, 0) is 42.3 Å². The zero-order valence-electron chi connectivity index (χ0n) is 25.1. The lowest BCUT2D eigenvalue weighted by Crippen LogP contribution is -2.55. The number of piperazine rings is 1. The highest BCUT2D eigenvalue weighted by molar-refractivity contribution is 6.30. The molecule has 0 radical (unpaired) electrons. The summed E-state index contributed by atoms with van der Waals surface area (Å²) < 4.78 is 6.05. The maximum atomic E-state index is 14.6. The first-order valence-electron chi connectivity index (χ1n) is 14.4. The topological polar surface area (TPSA) is 91.2 Å². The average molecular weight is 624 g/mol. The van der Waals surface area contributed by atoms with Gasteiger partial charge >= 0.3 is 6.03 Å². The van der Waals surface area contributed by atoms with Gasteiger partial charge in [0.05, 0.1) is 18.2 Å². The number of hydrogen-bond donors (Lipinski definition) is 0. The number of amides is 3. The molecule has 1 fully saturated rings. The van der Waals surface area contributed by atoms with Crippen molar-refractivity contribution >= 4 is 41.0 Å². The molecule has 2 aliphatic rings. The Bertz CT molecular complexity index is 1510. The molecule has 9 nitrogen and oxygen atoms in total. The van der Waals surface area contributed by atoms with E-state index in [2.05, 4.69) is 4.98 Å². The van der Waals surface area contributed by atoms with Gasteiger partial charge in [-0.25, -0.2) is 9.78 Å². The summed E-state index contributed by atoms with van der Waals surface area (Å²) in [7, 11) is 0. The minimum atomic E-state index is -0.511. The lowest BCUT2D eigenvalue weighted by molar-refractivity contribution is -0.130. The molecule has 2 atom stereocenters. The molecule has 43 heavy (non-hydrogen) atoms. The number of carbonyl (C=O) groups is 2. The van der Waals surface area contributed by atoms with E-state index in [4.69, 9.17) is 37.9 Å². The molecule has 0 aliphatic carbocycles. The Morgan fingerprint density at radius 3 is 2.00 bits per heavy atom. The van der Waals surface area contributed by atoms with Gasteiger partial charge in [0, 0.05) is 54.8 Å². The molecule has 0 spiro atoms. The van der Waals surface area contributed by atoms with E-state index in [0.29, 0.717) is 65.9 Å². The molecule has 3 amide bonds. The molecule has 5 rings (SSSR count). The first-order chi connectivity index (χ1) is 20.5. The van der Waals surface area contributed by atoms with Crippen molar-refractivity contribution in [2.45, 2.75) is 52.1 Å². The van der Waals surface area contributed by atoms with Crippen molar-refractivity contribution in [3.05, 3.63) is 87.3 Å². The van der Waals surface area contributed by atoms with Crippen LogP contribution in [0.15, 0.2) is 59.7 Å². The fraction of sp³-hybridized carbons (Fsp3) is 0.406. The van der Waals surface area contributed by atoms with E-state index in [0.717, 1.165) is 11.1 Å². The third-order valence-electron chi connectivity index (χ3n) is 7.64. The van der Waals surface area contributed by atoms with E-state index in [1.165, 1.54) is 0 Å². The monoisotopic (exact) mass is 622 g/mol. The van der Waals surface area contributed by atoms with Gasteiger partial charge in [-0.3, -0.25) is 14.7 Å². The SMILES string of the molecule is CCOc1nc(C(C)(C)C)ncc1C1=N[C@H](c2ccc(Cl)cc2)[C@H](c2ccc(Cl)cc2)N1C(=O)N1CCN(C(C)=O)CC1. The van der Waals surface area contributed by atoms with Crippen LogP contribution < -0.4 is 4.74 Å². The molecule has 1 saturated heterocycles. The number of carbonyl (C=O) groups excluding carboxylic acids is 2. The minimum Gasteiger partial charge on any atom is -0.477 e. The van der Waals surface area contributed by atoms with Crippen LogP contribution in [0.25, 0.3) is 0 Å². The highest BCUT2D eigenvalue weighted by Gasteiger charge is 2.45. The smallest absolute Gasteiger partial charge is 0.326 e. The van der Waals surface area contributed by atoms with Crippen LogP contribution in [0.2, 0.25) is 10.0 Å². The van der Waals surface area contributed by atoms with Gasteiger partial charge in [-0.15, -0.1) is 0 Å². The largest absolute Gasteiger partial charge is 0.477 e.